The van der Waals surface area contributed by atoms with Crippen molar-refractivity contribution in [3.63, 3.8) is 0 Å². The minimum absolute atomic E-state index is 0.0396. The van der Waals surface area contributed by atoms with Crippen LogP contribution in [0.5, 0.6) is 5.75 Å². The van der Waals surface area contributed by atoms with Gasteiger partial charge < -0.3 is 9.84 Å². The second kappa shape index (κ2) is 5.50. The molecule has 0 aromatic heterocycles. The fourth-order valence-corrected chi connectivity index (χ4v) is 3.37. The van der Waals surface area contributed by atoms with Crippen molar-refractivity contribution in [2.75, 3.05) is 7.11 Å². The summed E-state index contributed by atoms with van der Waals surface area (Å²) >= 11 is 6.13. The summed E-state index contributed by atoms with van der Waals surface area (Å²) in [5, 5.41) is 11.2. The van der Waals surface area contributed by atoms with Crippen molar-refractivity contribution >= 4 is 11.6 Å². The van der Waals surface area contributed by atoms with Crippen molar-refractivity contribution in [2.45, 2.75) is 45.1 Å². The first-order chi connectivity index (χ1) is 8.63. The van der Waals surface area contributed by atoms with Gasteiger partial charge in [0.05, 0.1) is 18.2 Å². The fraction of sp³-hybridized carbons (Fsp3) is 0.600. The van der Waals surface area contributed by atoms with Crippen LogP contribution in [-0.2, 0) is 0 Å². The van der Waals surface area contributed by atoms with Gasteiger partial charge in [-0.15, -0.1) is 0 Å². The van der Waals surface area contributed by atoms with E-state index >= 15 is 0 Å². The third-order valence-electron chi connectivity index (χ3n) is 4.38. The number of halogens is 1. The molecule has 1 aliphatic carbocycles. The number of methoxy groups -OCH3 is 1. The zero-order valence-electron chi connectivity index (χ0n) is 11.1. The lowest BCUT2D eigenvalue weighted by Crippen LogP contribution is -2.25. The molecule has 100 valence electrons. The SMILES string of the molecule is CCC1(C(O)c2ccc(OC)c(Cl)c2)CCCC1. The maximum Gasteiger partial charge on any atom is 0.137 e. The van der Waals surface area contributed by atoms with Crippen molar-refractivity contribution < 1.29 is 9.84 Å². The van der Waals surface area contributed by atoms with Gasteiger partial charge in [0.15, 0.2) is 0 Å². The van der Waals surface area contributed by atoms with Crippen molar-refractivity contribution in [3.05, 3.63) is 28.8 Å². The number of aliphatic hydroxyl groups is 1. The van der Waals surface area contributed by atoms with Crippen LogP contribution < -0.4 is 4.74 Å². The van der Waals surface area contributed by atoms with Gasteiger partial charge in [0.2, 0.25) is 0 Å². The number of rotatable bonds is 4. The summed E-state index contributed by atoms with van der Waals surface area (Å²) in [5.41, 5.74) is 0.947. The molecule has 0 amide bonds. The molecule has 1 saturated carbocycles. The van der Waals surface area contributed by atoms with Gasteiger partial charge in [-0.1, -0.05) is 37.4 Å². The highest BCUT2D eigenvalue weighted by Crippen LogP contribution is 2.50. The van der Waals surface area contributed by atoms with Gasteiger partial charge in [-0.25, -0.2) is 0 Å². The molecule has 0 radical (unpaired) electrons. The molecular weight excluding hydrogens is 248 g/mol. The van der Waals surface area contributed by atoms with Crippen molar-refractivity contribution in [2.24, 2.45) is 5.41 Å². The second-order valence-electron chi connectivity index (χ2n) is 5.22. The minimum atomic E-state index is -0.423. The van der Waals surface area contributed by atoms with Crippen LogP contribution in [0.2, 0.25) is 5.02 Å². The van der Waals surface area contributed by atoms with Crippen LogP contribution in [0.1, 0.15) is 50.7 Å². The molecule has 1 unspecified atom stereocenters. The van der Waals surface area contributed by atoms with Crippen LogP contribution in [-0.4, -0.2) is 12.2 Å². The monoisotopic (exact) mass is 268 g/mol. The van der Waals surface area contributed by atoms with Gasteiger partial charge in [0.1, 0.15) is 5.75 Å². The summed E-state index contributed by atoms with van der Waals surface area (Å²) in [6, 6.07) is 5.59. The average Bonchev–Trinajstić information content (AvgIpc) is 2.87. The molecule has 0 heterocycles. The van der Waals surface area contributed by atoms with Gasteiger partial charge in [-0.3, -0.25) is 0 Å². The molecule has 1 atom stereocenters. The zero-order chi connectivity index (χ0) is 13.2. The van der Waals surface area contributed by atoms with Gasteiger partial charge in [0.25, 0.3) is 0 Å². The average molecular weight is 269 g/mol. The van der Waals surface area contributed by atoms with Gasteiger partial charge in [0, 0.05) is 5.41 Å². The highest BCUT2D eigenvalue weighted by Gasteiger charge is 2.39. The number of aliphatic hydroxyl groups excluding tert-OH is 1. The minimum Gasteiger partial charge on any atom is -0.495 e. The van der Waals surface area contributed by atoms with Crippen LogP contribution in [0.15, 0.2) is 18.2 Å². The standard InChI is InChI=1S/C15H21ClO2/c1-3-15(8-4-5-9-15)14(17)11-6-7-13(18-2)12(16)10-11/h6-7,10,14,17H,3-5,8-9H2,1-2H3. The summed E-state index contributed by atoms with van der Waals surface area (Å²) in [4.78, 5) is 0. The lowest BCUT2D eigenvalue weighted by molar-refractivity contribution is 0.0237. The topological polar surface area (TPSA) is 29.5 Å². The van der Waals surface area contributed by atoms with Crippen LogP contribution in [0.3, 0.4) is 0 Å². The van der Waals surface area contributed by atoms with E-state index in [4.69, 9.17) is 16.3 Å². The van der Waals surface area contributed by atoms with Crippen LogP contribution in [0.4, 0.5) is 0 Å². The van der Waals surface area contributed by atoms with E-state index in [9.17, 15) is 5.11 Å². The highest BCUT2D eigenvalue weighted by molar-refractivity contribution is 6.32. The molecule has 1 N–H and O–H groups in total. The molecule has 1 aromatic carbocycles. The first-order valence-corrected chi connectivity index (χ1v) is 7.02. The van der Waals surface area contributed by atoms with Gasteiger partial charge in [-0.2, -0.15) is 0 Å². The summed E-state index contributed by atoms with van der Waals surface area (Å²) in [6.45, 7) is 2.17. The van der Waals surface area contributed by atoms with Gasteiger partial charge >= 0.3 is 0 Å². The Morgan fingerprint density at radius 1 is 1.39 bits per heavy atom. The number of ether oxygens (including phenoxy) is 1. The summed E-state index contributed by atoms with van der Waals surface area (Å²) in [7, 11) is 1.60. The Morgan fingerprint density at radius 2 is 2.06 bits per heavy atom. The van der Waals surface area contributed by atoms with Crippen molar-refractivity contribution in [1.29, 1.82) is 0 Å². The first-order valence-electron chi connectivity index (χ1n) is 6.64. The summed E-state index contributed by atoms with van der Waals surface area (Å²) in [6.07, 6.45) is 5.23. The molecule has 1 aliphatic rings. The van der Waals surface area contributed by atoms with Crippen LogP contribution >= 0.6 is 11.6 Å². The Bertz CT molecular complexity index is 411. The predicted octanol–water partition coefficient (Wildman–Crippen LogP) is 4.35. The Balaban J connectivity index is 2.27. The molecule has 18 heavy (non-hydrogen) atoms. The summed E-state index contributed by atoms with van der Waals surface area (Å²) in [5.74, 6) is 0.657. The fourth-order valence-electron chi connectivity index (χ4n) is 3.11. The predicted molar refractivity (Wildman–Crippen MR) is 74.2 cm³/mol. The number of hydrogen-bond acceptors (Lipinski definition) is 2. The lowest BCUT2D eigenvalue weighted by Gasteiger charge is -2.33. The normalized spacial score (nSPS) is 19.8. The van der Waals surface area contributed by atoms with Crippen LogP contribution in [0.25, 0.3) is 0 Å². The maximum absolute atomic E-state index is 10.7. The Morgan fingerprint density at radius 3 is 2.56 bits per heavy atom. The largest absolute Gasteiger partial charge is 0.495 e. The lowest BCUT2D eigenvalue weighted by atomic mass is 9.75. The first kappa shape index (κ1) is 13.7. The Hall–Kier alpha value is -0.730. The van der Waals surface area contributed by atoms with Crippen molar-refractivity contribution in [1.82, 2.24) is 0 Å². The summed E-state index contributed by atoms with van der Waals surface area (Å²) < 4.78 is 5.14. The molecule has 2 rings (SSSR count). The van der Waals surface area contributed by atoms with E-state index in [2.05, 4.69) is 6.92 Å². The molecule has 0 saturated heterocycles. The molecule has 1 aromatic rings. The molecule has 0 aliphatic heterocycles. The number of benzene rings is 1. The molecular formula is C15H21ClO2. The number of hydrogen-bond donors (Lipinski definition) is 1. The molecule has 1 fully saturated rings. The van der Waals surface area contributed by atoms with Gasteiger partial charge in [-0.05, 0) is 37.0 Å². The molecule has 0 spiro atoms. The quantitative estimate of drug-likeness (QED) is 0.880. The smallest absolute Gasteiger partial charge is 0.137 e. The Kier molecular flexibility index (Phi) is 4.18. The van der Waals surface area contributed by atoms with E-state index in [-0.39, 0.29) is 5.41 Å². The van der Waals surface area contributed by atoms with E-state index in [1.54, 1.807) is 7.11 Å². The highest BCUT2D eigenvalue weighted by atomic mass is 35.5. The maximum atomic E-state index is 10.7. The van der Waals surface area contributed by atoms with E-state index < -0.39 is 6.10 Å². The molecule has 2 nitrogen and oxygen atoms in total. The molecule has 0 bridgehead atoms. The zero-order valence-corrected chi connectivity index (χ0v) is 11.8. The van der Waals surface area contributed by atoms with E-state index in [1.165, 1.54) is 12.8 Å². The third kappa shape index (κ3) is 2.36. The van der Waals surface area contributed by atoms with E-state index in [0.29, 0.717) is 10.8 Å². The van der Waals surface area contributed by atoms with E-state index in [1.807, 2.05) is 18.2 Å². The van der Waals surface area contributed by atoms with Crippen molar-refractivity contribution in [3.8, 4) is 5.75 Å². The third-order valence-corrected chi connectivity index (χ3v) is 4.67. The molecule has 3 heteroatoms. The van der Waals surface area contributed by atoms with E-state index in [0.717, 1.165) is 24.8 Å². The second-order valence-corrected chi connectivity index (χ2v) is 5.63. The Labute approximate surface area is 114 Å². The van der Waals surface area contributed by atoms with Crippen LogP contribution in [0, 0.1) is 5.41 Å².